The highest BCUT2D eigenvalue weighted by molar-refractivity contribution is 5.94. The fraction of sp³-hybridized carbons (Fsp3) is 0.269. The Kier molecular flexibility index (Phi) is 7.66. The lowest BCUT2D eigenvalue weighted by molar-refractivity contribution is -0.121. The predicted molar refractivity (Wildman–Crippen MR) is 127 cm³/mol. The second kappa shape index (κ2) is 11.2. The SMILES string of the molecule is O=C(CC(NC(=O)c1ccccc1)c1ccccc1)NCc1cccnc1N1CCOCC1. The van der Waals surface area contributed by atoms with Gasteiger partial charge in [-0.3, -0.25) is 9.59 Å². The maximum Gasteiger partial charge on any atom is 0.251 e. The third-order valence-corrected chi connectivity index (χ3v) is 5.59. The average Bonchev–Trinajstić information content (AvgIpc) is 2.89. The highest BCUT2D eigenvalue weighted by atomic mass is 16.5. The van der Waals surface area contributed by atoms with Gasteiger partial charge >= 0.3 is 0 Å². The Morgan fingerprint density at radius 2 is 1.64 bits per heavy atom. The molecule has 2 heterocycles. The summed E-state index contributed by atoms with van der Waals surface area (Å²) in [5.74, 6) is 0.520. The number of anilines is 1. The first-order valence-electron chi connectivity index (χ1n) is 11.1. The summed E-state index contributed by atoms with van der Waals surface area (Å²) < 4.78 is 5.43. The smallest absolute Gasteiger partial charge is 0.251 e. The quantitative estimate of drug-likeness (QED) is 0.558. The van der Waals surface area contributed by atoms with Crippen molar-refractivity contribution in [3.63, 3.8) is 0 Å². The van der Waals surface area contributed by atoms with Crippen molar-refractivity contribution in [3.05, 3.63) is 95.7 Å². The van der Waals surface area contributed by atoms with E-state index in [1.807, 2.05) is 60.7 Å². The zero-order valence-electron chi connectivity index (χ0n) is 18.4. The number of morpholine rings is 1. The number of carbonyl (C=O) groups excluding carboxylic acids is 2. The molecule has 0 bridgehead atoms. The molecule has 2 N–H and O–H groups in total. The third kappa shape index (κ3) is 6.17. The molecule has 0 spiro atoms. The Labute approximate surface area is 193 Å². The van der Waals surface area contributed by atoms with Crippen molar-refractivity contribution in [2.45, 2.75) is 19.0 Å². The van der Waals surface area contributed by atoms with E-state index in [0.29, 0.717) is 25.3 Å². The number of pyridine rings is 1. The van der Waals surface area contributed by atoms with Gasteiger partial charge in [-0.1, -0.05) is 54.6 Å². The van der Waals surface area contributed by atoms with Crippen LogP contribution in [0.3, 0.4) is 0 Å². The van der Waals surface area contributed by atoms with Gasteiger partial charge in [0.2, 0.25) is 5.91 Å². The van der Waals surface area contributed by atoms with E-state index in [4.69, 9.17) is 4.74 Å². The van der Waals surface area contributed by atoms with Crippen LogP contribution >= 0.6 is 0 Å². The van der Waals surface area contributed by atoms with Gasteiger partial charge < -0.3 is 20.3 Å². The summed E-state index contributed by atoms with van der Waals surface area (Å²) in [6.07, 6.45) is 1.90. The molecule has 1 fully saturated rings. The maximum atomic E-state index is 12.9. The molecular weight excluding hydrogens is 416 g/mol. The average molecular weight is 445 g/mol. The summed E-state index contributed by atoms with van der Waals surface area (Å²) in [4.78, 5) is 32.3. The molecule has 1 aliphatic heterocycles. The van der Waals surface area contributed by atoms with Crippen LogP contribution in [0.5, 0.6) is 0 Å². The minimum Gasteiger partial charge on any atom is -0.378 e. The van der Waals surface area contributed by atoms with E-state index in [0.717, 1.165) is 30.0 Å². The number of carbonyl (C=O) groups is 2. The van der Waals surface area contributed by atoms with Gasteiger partial charge in [0.1, 0.15) is 5.82 Å². The maximum absolute atomic E-state index is 12.9. The van der Waals surface area contributed by atoms with Crippen molar-refractivity contribution >= 4 is 17.6 Å². The van der Waals surface area contributed by atoms with Crippen LogP contribution in [0.15, 0.2) is 79.0 Å². The molecule has 7 heteroatoms. The number of rotatable bonds is 8. The van der Waals surface area contributed by atoms with Gasteiger partial charge in [0.25, 0.3) is 5.91 Å². The van der Waals surface area contributed by atoms with Crippen molar-refractivity contribution in [1.29, 1.82) is 0 Å². The molecule has 0 saturated carbocycles. The van der Waals surface area contributed by atoms with Crippen LogP contribution in [0.4, 0.5) is 5.82 Å². The molecule has 1 saturated heterocycles. The second-order valence-electron chi connectivity index (χ2n) is 7.87. The highest BCUT2D eigenvalue weighted by Gasteiger charge is 2.20. The molecular formula is C26H28N4O3. The van der Waals surface area contributed by atoms with E-state index in [-0.39, 0.29) is 18.2 Å². The molecule has 0 radical (unpaired) electrons. The van der Waals surface area contributed by atoms with Gasteiger partial charge in [-0.25, -0.2) is 4.98 Å². The van der Waals surface area contributed by atoms with Gasteiger partial charge in [-0.2, -0.15) is 0 Å². The summed E-state index contributed by atoms with van der Waals surface area (Å²) in [6, 6.07) is 22.0. The first-order chi connectivity index (χ1) is 16.2. The normalized spacial score (nSPS) is 14.4. The van der Waals surface area contributed by atoms with Crippen molar-refractivity contribution in [2.24, 2.45) is 0 Å². The molecule has 0 aliphatic carbocycles. The number of benzene rings is 2. The minimum atomic E-state index is -0.438. The van der Waals surface area contributed by atoms with E-state index in [9.17, 15) is 9.59 Å². The zero-order valence-corrected chi connectivity index (χ0v) is 18.4. The Morgan fingerprint density at radius 3 is 2.36 bits per heavy atom. The van der Waals surface area contributed by atoms with E-state index in [1.54, 1.807) is 18.3 Å². The fourth-order valence-corrected chi connectivity index (χ4v) is 3.85. The van der Waals surface area contributed by atoms with E-state index >= 15 is 0 Å². The number of nitrogens with zero attached hydrogens (tertiary/aromatic N) is 2. The topological polar surface area (TPSA) is 83.6 Å². The Balaban J connectivity index is 1.42. The number of ether oxygens (including phenoxy) is 1. The number of hydrogen-bond donors (Lipinski definition) is 2. The van der Waals surface area contributed by atoms with Crippen molar-refractivity contribution in [2.75, 3.05) is 31.2 Å². The molecule has 2 amide bonds. The molecule has 3 aromatic rings. The summed E-state index contributed by atoms with van der Waals surface area (Å²) in [7, 11) is 0. The fourth-order valence-electron chi connectivity index (χ4n) is 3.85. The molecule has 1 aliphatic rings. The molecule has 7 nitrogen and oxygen atoms in total. The molecule has 1 atom stereocenters. The van der Waals surface area contributed by atoms with Crippen molar-refractivity contribution in [3.8, 4) is 0 Å². The highest BCUT2D eigenvalue weighted by Crippen LogP contribution is 2.20. The predicted octanol–water partition coefficient (Wildman–Crippen LogP) is 3.10. The van der Waals surface area contributed by atoms with Crippen LogP contribution in [-0.2, 0) is 16.1 Å². The standard InChI is InChI=1S/C26H28N4O3/c31-24(28-19-22-12-7-13-27-25(22)30-14-16-33-17-15-30)18-23(20-8-3-1-4-9-20)29-26(32)21-10-5-2-6-11-21/h1-13,23H,14-19H2,(H,28,31)(H,29,32). The van der Waals surface area contributed by atoms with Gasteiger partial charge in [0, 0.05) is 37.0 Å². The second-order valence-corrected chi connectivity index (χ2v) is 7.87. The number of nitrogens with one attached hydrogen (secondary N) is 2. The van der Waals surface area contributed by atoms with Crippen LogP contribution in [0.1, 0.15) is 33.9 Å². The monoisotopic (exact) mass is 444 g/mol. The van der Waals surface area contributed by atoms with E-state index in [2.05, 4.69) is 20.5 Å². The summed E-state index contributed by atoms with van der Waals surface area (Å²) in [5.41, 5.74) is 2.40. The minimum absolute atomic E-state index is 0.135. The summed E-state index contributed by atoms with van der Waals surface area (Å²) in [6.45, 7) is 3.26. The lowest BCUT2D eigenvalue weighted by Crippen LogP contribution is -2.38. The number of amides is 2. The first-order valence-corrected chi connectivity index (χ1v) is 11.1. The molecule has 170 valence electrons. The molecule has 4 rings (SSSR count). The van der Waals surface area contributed by atoms with E-state index in [1.165, 1.54) is 0 Å². The number of hydrogen-bond acceptors (Lipinski definition) is 5. The molecule has 2 aromatic carbocycles. The molecule has 1 unspecified atom stereocenters. The summed E-state index contributed by atoms with van der Waals surface area (Å²) >= 11 is 0. The van der Waals surface area contributed by atoms with Crippen LogP contribution in [0, 0.1) is 0 Å². The zero-order chi connectivity index (χ0) is 22.9. The summed E-state index contributed by atoms with van der Waals surface area (Å²) in [5, 5.41) is 6.01. The van der Waals surface area contributed by atoms with Gasteiger partial charge in [0.15, 0.2) is 0 Å². The lowest BCUT2D eigenvalue weighted by Gasteiger charge is -2.29. The van der Waals surface area contributed by atoms with Crippen LogP contribution in [0.25, 0.3) is 0 Å². The van der Waals surface area contributed by atoms with Crippen LogP contribution < -0.4 is 15.5 Å². The van der Waals surface area contributed by atoms with Gasteiger partial charge in [-0.15, -0.1) is 0 Å². The number of aromatic nitrogens is 1. The Bertz CT molecular complexity index is 1050. The van der Waals surface area contributed by atoms with Gasteiger partial charge in [-0.05, 0) is 23.8 Å². The Hall–Kier alpha value is -3.71. The van der Waals surface area contributed by atoms with Gasteiger partial charge in [0.05, 0.1) is 25.7 Å². The van der Waals surface area contributed by atoms with Crippen molar-refractivity contribution in [1.82, 2.24) is 15.6 Å². The van der Waals surface area contributed by atoms with Crippen molar-refractivity contribution < 1.29 is 14.3 Å². The van der Waals surface area contributed by atoms with Crippen LogP contribution in [-0.4, -0.2) is 43.1 Å². The van der Waals surface area contributed by atoms with Crippen LogP contribution in [0.2, 0.25) is 0 Å². The molecule has 33 heavy (non-hydrogen) atoms. The Morgan fingerprint density at radius 1 is 0.939 bits per heavy atom. The molecule has 1 aromatic heterocycles. The lowest BCUT2D eigenvalue weighted by atomic mass is 10.0. The first kappa shape index (κ1) is 22.5. The largest absolute Gasteiger partial charge is 0.378 e. The third-order valence-electron chi connectivity index (χ3n) is 5.59. The van der Waals surface area contributed by atoms with E-state index < -0.39 is 6.04 Å².